The Morgan fingerprint density at radius 2 is 1.88 bits per heavy atom. The van der Waals surface area contributed by atoms with Crippen LogP contribution in [0.15, 0.2) is 41.3 Å². The van der Waals surface area contributed by atoms with E-state index in [1.165, 1.54) is 16.4 Å². The average Bonchev–Trinajstić information content (AvgIpc) is 3.07. The minimum Gasteiger partial charge on any atom is -0.488 e. The number of nitrogens with one attached hydrogen (secondary N) is 1. The van der Waals surface area contributed by atoms with Crippen molar-refractivity contribution in [2.45, 2.75) is 54.8 Å². The molecule has 1 amide bonds. The molecule has 1 spiro atoms. The van der Waals surface area contributed by atoms with Gasteiger partial charge in [-0.2, -0.15) is 0 Å². The Morgan fingerprint density at radius 1 is 1.07 bits per heavy atom. The van der Waals surface area contributed by atoms with Crippen molar-refractivity contribution in [1.29, 1.82) is 0 Å². The molecule has 0 saturated heterocycles. The van der Waals surface area contributed by atoms with Gasteiger partial charge in [-0.25, -0.2) is 25.9 Å². The lowest BCUT2D eigenvalue weighted by Crippen LogP contribution is -2.53. The highest BCUT2D eigenvalue weighted by molar-refractivity contribution is 7.90. The van der Waals surface area contributed by atoms with Crippen LogP contribution < -0.4 is 14.4 Å². The van der Waals surface area contributed by atoms with E-state index in [2.05, 4.69) is 4.72 Å². The van der Waals surface area contributed by atoms with Crippen LogP contribution in [0.5, 0.6) is 5.75 Å². The summed E-state index contributed by atoms with van der Waals surface area (Å²) in [5.74, 6) is -0.940. The molecule has 4 atom stereocenters. The molecule has 1 N–H and O–H groups in total. The molecule has 1 saturated carbocycles. The SMILES string of the molecule is C[C@@H]1CCCN(C)S(=O)(=O)[C@@H]2CC[C@H]2CN2C[C@]3(COc4ccc(cc42)S(=O)(=O)NC1=O)OCCc1cc(Cl)ccc13. The summed E-state index contributed by atoms with van der Waals surface area (Å²) in [7, 11) is -6.16. The number of nitrogens with zero attached hydrogens (tertiary/aromatic N) is 2. The van der Waals surface area contributed by atoms with Crippen molar-refractivity contribution in [2.75, 3.05) is 44.8 Å². The van der Waals surface area contributed by atoms with Gasteiger partial charge in [-0.15, -0.1) is 0 Å². The second-order valence-corrected chi connectivity index (χ2v) is 16.3. The molecule has 228 valence electrons. The standard InChI is InChI=1S/C29H36ClN3O7S2/c1-19-4-3-12-32(2)42(37,38)27-10-5-21(27)16-33-17-29(24-8-6-22(30)14-20(24)11-13-40-29)18-39-26-9-7-23(15-25(26)33)41(35,36)31-28(19)34/h6-9,14-15,19,21,27H,3-5,10-13,16-18H2,1-2H3,(H,31,34)/t19-,21+,27-,29-/m1/s1. The van der Waals surface area contributed by atoms with Gasteiger partial charge in [0.2, 0.25) is 15.9 Å². The number of hydrogen-bond donors (Lipinski definition) is 1. The van der Waals surface area contributed by atoms with E-state index in [0.29, 0.717) is 61.8 Å². The zero-order valence-electron chi connectivity index (χ0n) is 23.7. The van der Waals surface area contributed by atoms with Crippen LogP contribution in [0.2, 0.25) is 5.02 Å². The second-order valence-electron chi connectivity index (χ2n) is 11.9. The van der Waals surface area contributed by atoms with Gasteiger partial charge in [0.25, 0.3) is 10.0 Å². The molecule has 4 aliphatic rings. The van der Waals surface area contributed by atoms with Crippen LogP contribution >= 0.6 is 11.6 Å². The summed E-state index contributed by atoms with van der Waals surface area (Å²) in [6, 6.07) is 10.3. The predicted octanol–water partition coefficient (Wildman–Crippen LogP) is 3.28. The third-order valence-corrected chi connectivity index (χ3v) is 13.2. The van der Waals surface area contributed by atoms with Gasteiger partial charge < -0.3 is 14.4 Å². The topological polar surface area (TPSA) is 122 Å². The molecule has 13 heteroatoms. The van der Waals surface area contributed by atoms with Gasteiger partial charge in [0.1, 0.15) is 18.0 Å². The largest absolute Gasteiger partial charge is 0.488 e. The van der Waals surface area contributed by atoms with E-state index in [1.807, 2.05) is 23.1 Å². The van der Waals surface area contributed by atoms with Crippen molar-refractivity contribution in [2.24, 2.45) is 11.8 Å². The predicted molar refractivity (Wildman–Crippen MR) is 159 cm³/mol. The lowest BCUT2D eigenvalue weighted by atomic mass is 9.82. The van der Waals surface area contributed by atoms with Crippen molar-refractivity contribution in [3.05, 3.63) is 52.5 Å². The summed E-state index contributed by atoms with van der Waals surface area (Å²) in [5.41, 5.74) is 1.65. The summed E-state index contributed by atoms with van der Waals surface area (Å²) in [5, 5.41) is 0.0801. The fraction of sp³-hybridized carbons (Fsp3) is 0.552. The lowest BCUT2D eigenvalue weighted by molar-refractivity contribution is -0.122. The van der Waals surface area contributed by atoms with E-state index in [0.717, 1.165) is 17.5 Å². The van der Waals surface area contributed by atoms with Crippen LogP contribution in [0, 0.1) is 11.8 Å². The molecule has 6 rings (SSSR count). The first-order valence-electron chi connectivity index (χ1n) is 14.4. The maximum atomic E-state index is 13.6. The number of fused-ring (bicyclic) bond motifs is 4. The fourth-order valence-corrected chi connectivity index (χ4v) is 9.83. The second kappa shape index (κ2) is 11.0. The molecule has 0 aromatic heterocycles. The molecular weight excluding hydrogens is 602 g/mol. The number of sulfonamides is 2. The monoisotopic (exact) mass is 637 g/mol. The zero-order valence-corrected chi connectivity index (χ0v) is 26.1. The van der Waals surface area contributed by atoms with Crippen molar-refractivity contribution < 1.29 is 31.1 Å². The number of rotatable bonds is 0. The molecule has 2 bridgehead atoms. The smallest absolute Gasteiger partial charge is 0.264 e. The van der Waals surface area contributed by atoms with Crippen LogP contribution in [-0.4, -0.2) is 72.2 Å². The van der Waals surface area contributed by atoms with Gasteiger partial charge in [0.15, 0.2) is 0 Å². The Labute approximate surface area is 252 Å². The maximum Gasteiger partial charge on any atom is 0.264 e. The van der Waals surface area contributed by atoms with Gasteiger partial charge in [-0.1, -0.05) is 24.6 Å². The van der Waals surface area contributed by atoms with Crippen LogP contribution in [0.25, 0.3) is 0 Å². The van der Waals surface area contributed by atoms with E-state index in [1.54, 1.807) is 20.0 Å². The minimum atomic E-state index is -4.17. The van der Waals surface area contributed by atoms with E-state index >= 15 is 0 Å². The normalized spacial score (nSPS) is 31.1. The number of ether oxygens (including phenoxy) is 2. The van der Waals surface area contributed by atoms with Gasteiger partial charge in [0.05, 0.1) is 29.0 Å². The summed E-state index contributed by atoms with van der Waals surface area (Å²) in [6.07, 6.45) is 2.78. The molecule has 2 aromatic rings. The highest BCUT2D eigenvalue weighted by atomic mass is 35.5. The highest BCUT2D eigenvalue weighted by Gasteiger charge is 2.47. The molecule has 0 unspecified atom stereocenters. The summed E-state index contributed by atoms with van der Waals surface area (Å²) < 4.78 is 70.4. The molecular formula is C29H36ClN3O7S2. The van der Waals surface area contributed by atoms with Gasteiger partial charge in [-0.05, 0) is 79.5 Å². The number of carbonyl (C=O) groups excluding carboxylic acids is 1. The highest BCUT2D eigenvalue weighted by Crippen LogP contribution is 2.45. The number of benzene rings is 2. The van der Waals surface area contributed by atoms with Crippen molar-refractivity contribution in [1.82, 2.24) is 9.03 Å². The number of carbonyl (C=O) groups is 1. The van der Waals surface area contributed by atoms with Crippen molar-refractivity contribution in [3.8, 4) is 5.75 Å². The Hall–Kier alpha value is -2.38. The Morgan fingerprint density at radius 3 is 2.64 bits per heavy atom. The van der Waals surface area contributed by atoms with E-state index in [9.17, 15) is 21.6 Å². The number of hydrogen-bond acceptors (Lipinski definition) is 8. The van der Waals surface area contributed by atoms with Crippen LogP contribution in [0.3, 0.4) is 0 Å². The summed E-state index contributed by atoms with van der Waals surface area (Å²) in [6.45, 7) is 3.23. The molecule has 2 aromatic carbocycles. The third kappa shape index (κ3) is 5.29. The summed E-state index contributed by atoms with van der Waals surface area (Å²) >= 11 is 6.32. The maximum absolute atomic E-state index is 13.6. The van der Waals surface area contributed by atoms with Crippen LogP contribution in [0.4, 0.5) is 5.69 Å². The van der Waals surface area contributed by atoms with Gasteiger partial charge in [-0.3, -0.25) is 4.79 Å². The molecule has 1 fully saturated rings. The average molecular weight is 638 g/mol. The van der Waals surface area contributed by atoms with Crippen molar-refractivity contribution in [3.63, 3.8) is 0 Å². The van der Waals surface area contributed by atoms with Crippen molar-refractivity contribution >= 4 is 43.2 Å². The number of anilines is 1. The fourth-order valence-electron chi connectivity index (χ4n) is 6.55. The third-order valence-electron chi connectivity index (χ3n) is 9.21. The first kappa shape index (κ1) is 29.7. The molecule has 3 heterocycles. The minimum absolute atomic E-state index is 0.0623. The Balaban J connectivity index is 1.45. The van der Waals surface area contributed by atoms with Gasteiger partial charge >= 0.3 is 0 Å². The van der Waals surface area contributed by atoms with E-state index in [4.69, 9.17) is 21.1 Å². The molecule has 10 nitrogen and oxygen atoms in total. The van der Waals surface area contributed by atoms with Crippen LogP contribution in [-0.2, 0) is 41.6 Å². The number of halogens is 1. The van der Waals surface area contributed by atoms with E-state index < -0.39 is 42.7 Å². The Kier molecular flexibility index (Phi) is 7.75. The number of amides is 1. The first-order chi connectivity index (χ1) is 19.9. The lowest BCUT2D eigenvalue weighted by Gasteiger charge is -2.44. The molecule has 3 aliphatic heterocycles. The quantitative estimate of drug-likeness (QED) is 0.467. The Bertz CT molecular complexity index is 1620. The molecule has 0 radical (unpaired) electrons. The van der Waals surface area contributed by atoms with Crippen LogP contribution in [0.1, 0.15) is 43.7 Å². The van der Waals surface area contributed by atoms with E-state index in [-0.39, 0.29) is 24.0 Å². The van der Waals surface area contributed by atoms with Gasteiger partial charge in [0, 0.05) is 31.1 Å². The first-order valence-corrected chi connectivity index (χ1v) is 17.7. The molecule has 1 aliphatic carbocycles. The molecule has 42 heavy (non-hydrogen) atoms. The zero-order chi connectivity index (χ0) is 29.9. The summed E-state index contributed by atoms with van der Waals surface area (Å²) in [4.78, 5) is 14.8.